The average Bonchev–Trinajstić information content (AvgIpc) is 3.45. The fourth-order valence-electron chi connectivity index (χ4n) is 4.18. The first-order chi connectivity index (χ1) is 15.5. The number of amides is 1. The van der Waals surface area contributed by atoms with E-state index in [0.717, 1.165) is 48.4 Å². The van der Waals surface area contributed by atoms with Gasteiger partial charge >= 0.3 is 0 Å². The lowest BCUT2D eigenvalue weighted by molar-refractivity contribution is -0.130. The fraction of sp³-hybridized carbons (Fsp3) is 0.462. The van der Waals surface area contributed by atoms with Gasteiger partial charge in [-0.05, 0) is 61.9 Å². The van der Waals surface area contributed by atoms with Crippen molar-refractivity contribution in [1.82, 2.24) is 14.9 Å². The number of nitrogens with one attached hydrogen (secondary N) is 1. The van der Waals surface area contributed by atoms with E-state index in [4.69, 9.17) is 14.5 Å². The summed E-state index contributed by atoms with van der Waals surface area (Å²) in [5.74, 6) is 2.21. The largest absolute Gasteiger partial charge is 0.494 e. The molecule has 4 rings (SSSR count). The van der Waals surface area contributed by atoms with Crippen molar-refractivity contribution >= 4 is 16.9 Å². The van der Waals surface area contributed by atoms with Gasteiger partial charge in [0, 0.05) is 13.2 Å². The molecule has 0 saturated carbocycles. The second kappa shape index (κ2) is 10.2. The van der Waals surface area contributed by atoms with Gasteiger partial charge in [-0.3, -0.25) is 4.79 Å². The van der Waals surface area contributed by atoms with E-state index in [0.29, 0.717) is 19.1 Å². The van der Waals surface area contributed by atoms with Crippen LogP contribution < -0.4 is 10.1 Å². The molecule has 0 aliphatic carbocycles. The Morgan fingerprint density at radius 2 is 1.97 bits per heavy atom. The molecule has 32 heavy (non-hydrogen) atoms. The van der Waals surface area contributed by atoms with Gasteiger partial charge in [0.2, 0.25) is 5.91 Å². The number of imidazole rings is 1. The van der Waals surface area contributed by atoms with Gasteiger partial charge in [-0.25, -0.2) is 4.98 Å². The Balaban J connectivity index is 1.41. The van der Waals surface area contributed by atoms with E-state index in [-0.39, 0.29) is 18.1 Å². The maximum atomic E-state index is 12.5. The summed E-state index contributed by atoms with van der Waals surface area (Å²) in [5.41, 5.74) is 3.32. The van der Waals surface area contributed by atoms with Crippen molar-refractivity contribution in [1.29, 1.82) is 0 Å². The number of ether oxygens (including phenoxy) is 2. The fourth-order valence-corrected chi connectivity index (χ4v) is 4.18. The molecule has 2 atom stereocenters. The molecule has 0 bridgehead atoms. The third kappa shape index (κ3) is 5.13. The van der Waals surface area contributed by atoms with Gasteiger partial charge in [-0.1, -0.05) is 38.1 Å². The second-order valence-corrected chi connectivity index (χ2v) is 8.77. The summed E-state index contributed by atoms with van der Waals surface area (Å²) in [4.78, 5) is 17.4. The minimum atomic E-state index is -0.342. The van der Waals surface area contributed by atoms with Crippen molar-refractivity contribution < 1.29 is 14.3 Å². The first-order valence-electron chi connectivity index (χ1n) is 11.6. The van der Waals surface area contributed by atoms with Crippen LogP contribution in [0.3, 0.4) is 0 Å². The Morgan fingerprint density at radius 3 is 2.69 bits per heavy atom. The molecule has 1 fully saturated rings. The molecular weight excluding hydrogens is 402 g/mol. The monoisotopic (exact) mass is 435 g/mol. The summed E-state index contributed by atoms with van der Waals surface area (Å²) in [6.07, 6.45) is 2.21. The number of hydrogen-bond acceptors (Lipinski definition) is 4. The number of nitrogens with zero attached hydrogens (tertiary/aromatic N) is 2. The van der Waals surface area contributed by atoms with E-state index in [1.165, 1.54) is 5.56 Å². The van der Waals surface area contributed by atoms with Crippen molar-refractivity contribution in [3.8, 4) is 5.75 Å². The minimum Gasteiger partial charge on any atom is -0.494 e. The van der Waals surface area contributed by atoms with Gasteiger partial charge < -0.3 is 19.4 Å². The van der Waals surface area contributed by atoms with Crippen LogP contribution in [0.15, 0.2) is 48.5 Å². The Hall–Kier alpha value is -2.86. The summed E-state index contributed by atoms with van der Waals surface area (Å²) in [5, 5.41) is 3.09. The highest BCUT2D eigenvalue weighted by Gasteiger charge is 2.26. The first-order valence-corrected chi connectivity index (χ1v) is 11.6. The highest BCUT2D eigenvalue weighted by Crippen LogP contribution is 2.23. The number of carbonyl (C=O) groups is 1. The maximum Gasteiger partial charge on any atom is 0.249 e. The van der Waals surface area contributed by atoms with Gasteiger partial charge in [0.15, 0.2) is 0 Å². The Labute approximate surface area is 189 Å². The zero-order chi connectivity index (χ0) is 22.5. The molecule has 3 aromatic rings. The Morgan fingerprint density at radius 1 is 1.19 bits per heavy atom. The van der Waals surface area contributed by atoms with Crippen LogP contribution >= 0.6 is 0 Å². The lowest BCUT2D eigenvalue weighted by Gasteiger charge is -2.18. The van der Waals surface area contributed by atoms with E-state index in [2.05, 4.69) is 41.9 Å². The average molecular weight is 436 g/mol. The van der Waals surface area contributed by atoms with Crippen molar-refractivity contribution in [2.24, 2.45) is 0 Å². The topological polar surface area (TPSA) is 65.4 Å². The summed E-state index contributed by atoms with van der Waals surface area (Å²) >= 11 is 0. The number of benzene rings is 2. The van der Waals surface area contributed by atoms with Gasteiger partial charge in [-0.2, -0.15) is 0 Å². The van der Waals surface area contributed by atoms with Crippen LogP contribution in [0.2, 0.25) is 0 Å². The lowest BCUT2D eigenvalue weighted by atomic mass is 10.0. The molecule has 1 aromatic heterocycles. The summed E-state index contributed by atoms with van der Waals surface area (Å²) in [6.45, 7) is 8.40. The van der Waals surface area contributed by atoms with E-state index in [1.54, 1.807) is 0 Å². The van der Waals surface area contributed by atoms with Crippen molar-refractivity contribution in [2.45, 2.75) is 64.6 Å². The smallest absolute Gasteiger partial charge is 0.249 e. The van der Waals surface area contributed by atoms with Gasteiger partial charge in [0.05, 0.1) is 23.7 Å². The minimum absolute atomic E-state index is 0.0539. The third-order valence-electron chi connectivity index (χ3n) is 5.99. The number of fused-ring (bicyclic) bond motifs is 1. The molecule has 1 aliphatic rings. The van der Waals surface area contributed by atoms with E-state index in [1.807, 2.05) is 37.3 Å². The molecule has 2 aromatic carbocycles. The van der Waals surface area contributed by atoms with Crippen molar-refractivity contribution in [3.63, 3.8) is 0 Å². The normalized spacial score (nSPS) is 17.1. The first kappa shape index (κ1) is 22.3. The highest BCUT2D eigenvalue weighted by atomic mass is 16.5. The number of aromatic nitrogens is 2. The molecule has 1 saturated heterocycles. The zero-order valence-corrected chi connectivity index (χ0v) is 19.2. The molecule has 1 N–H and O–H groups in total. The van der Waals surface area contributed by atoms with Crippen LogP contribution in [0, 0.1) is 0 Å². The molecule has 1 aliphatic heterocycles. The van der Waals surface area contributed by atoms with Crippen molar-refractivity contribution in [3.05, 3.63) is 59.9 Å². The quantitative estimate of drug-likeness (QED) is 0.481. The predicted octanol–water partition coefficient (Wildman–Crippen LogP) is 4.99. The molecule has 6 nitrogen and oxygen atoms in total. The molecule has 170 valence electrons. The molecule has 2 heterocycles. The van der Waals surface area contributed by atoms with Crippen LogP contribution in [0.4, 0.5) is 0 Å². The molecule has 0 radical (unpaired) electrons. The van der Waals surface area contributed by atoms with Crippen LogP contribution in [-0.2, 0) is 16.1 Å². The summed E-state index contributed by atoms with van der Waals surface area (Å²) < 4.78 is 13.7. The predicted molar refractivity (Wildman–Crippen MR) is 126 cm³/mol. The van der Waals surface area contributed by atoms with E-state index >= 15 is 0 Å². The third-order valence-corrected chi connectivity index (χ3v) is 5.99. The van der Waals surface area contributed by atoms with Gasteiger partial charge in [-0.15, -0.1) is 0 Å². The number of hydrogen-bond donors (Lipinski definition) is 1. The maximum absolute atomic E-state index is 12.5. The highest BCUT2D eigenvalue weighted by molar-refractivity contribution is 5.81. The number of carbonyl (C=O) groups excluding carboxylic acids is 1. The SMILES string of the molecule is CC(C)c1ccc(OCCCn2c(C(C)NC(=O)C3CCCO3)nc3ccccc32)cc1. The van der Waals surface area contributed by atoms with Crippen LogP contribution in [0.25, 0.3) is 11.0 Å². The zero-order valence-electron chi connectivity index (χ0n) is 19.2. The van der Waals surface area contributed by atoms with Crippen LogP contribution in [0.1, 0.15) is 63.4 Å². The number of para-hydroxylation sites is 2. The van der Waals surface area contributed by atoms with E-state index in [9.17, 15) is 4.79 Å². The van der Waals surface area contributed by atoms with Crippen LogP contribution in [-0.4, -0.2) is 34.8 Å². The molecule has 2 unspecified atom stereocenters. The molecular formula is C26H33N3O3. The summed E-state index contributed by atoms with van der Waals surface area (Å²) in [7, 11) is 0. The Kier molecular flexibility index (Phi) is 7.10. The Bertz CT molecular complexity index is 1040. The number of aryl methyl sites for hydroxylation is 1. The molecule has 1 amide bonds. The summed E-state index contributed by atoms with van der Waals surface area (Å²) in [6, 6.07) is 16.2. The van der Waals surface area contributed by atoms with Crippen molar-refractivity contribution in [2.75, 3.05) is 13.2 Å². The second-order valence-electron chi connectivity index (χ2n) is 8.77. The van der Waals surface area contributed by atoms with Crippen LogP contribution in [0.5, 0.6) is 5.75 Å². The van der Waals surface area contributed by atoms with E-state index < -0.39 is 0 Å². The molecule has 6 heteroatoms. The standard InChI is InChI=1S/C26H33N3O3/c1-18(2)20-11-13-21(14-12-20)31-17-7-15-29-23-9-5-4-8-22(23)28-25(29)19(3)27-26(30)24-10-6-16-32-24/h4-5,8-9,11-14,18-19,24H,6-7,10,15-17H2,1-3H3,(H,27,30). The number of rotatable bonds is 9. The van der Waals surface area contributed by atoms with Gasteiger partial charge in [0.1, 0.15) is 17.7 Å². The molecule has 0 spiro atoms. The lowest BCUT2D eigenvalue weighted by Crippen LogP contribution is -2.36. The van der Waals surface area contributed by atoms with Gasteiger partial charge in [0.25, 0.3) is 0 Å².